The van der Waals surface area contributed by atoms with Gasteiger partial charge in [-0.2, -0.15) is 26.3 Å². The minimum atomic E-state index is -4.29. The van der Waals surface area contributed by atoms with Crippen molar-refractivity contribution in [1.29, 1.82) is 0 Å². The zero-order valence-electron chi connectivity index (χ0n) is 19.7. The number of alkyl halides is 6. The molecule has 194 valence electrons. The van der Waals surface area contributed by atoms with Crippen LogP contribution >= 0.6 is 0 Å². The van der Waals surface area contributed by atoms with Gasteiger partial charge in [-0.05, 0) is 97.2 Å². The highest BCUT2D eigenvalue weighted by molar-refractivity contribution is 5.63. The Bertz CT molecular complexity index is 1200. The summed E-state index contributed by atoms with van der Waals surface area (Å²) in [6.07, 6.45) is -4.98. The van der Waals surface area contributed by atoms with Gasteiger partial charge in [0, 0.05) is 18.8 Å². The Hall–Kier alpha value is -2.96. The summed E-state index contributed by atoms with van der Waals surface area (Å²) < 4.78 is 76.2. The van der Waals surface area contributed by atoms with Crippen molar-refractivity contribution in [2.24, 2.45) is 0 Å². The second kappa shape index (κ2) is 10.6. The molecule has 1 aliphatic carbocycles. The number of benzene rings is 3. The Morgan fingerprint density at radius 3 is 1.92 bits per heavy atom. The van der Waals surface area contributed by atoms with Crippen LogP contribution in [0.4, 0.5) is 32.0 Å². The van der Waals surface area contributed by atoms with Crippen LogP contribution in [-0.2, 0) is 38.2 Å². The maximum atomic E-state index is 13.0. The molecule has 3 aromatic rings. The van der Waals surface area contributed by atoms with E-state index in [1.807, 2.05) is 35.2 Å². The fourth-order valence-electron chi connectivity index (χ4n) is 4.99. The first-order chi connectivity index (χ1) is 16.4. The van der Waals surface area contributed by atoms with Crippen LogP contribution in [0.3, 0.4) is 0 Å². The molecule has 1 aliphatic heterocycles. The molecule has 0 saturated carbocycles. The van der Waals surface area contributed by atoms with Crippen LogP contribution in [0.15, 0.2) is 54.6 Å². The first-order valence-corrected chi connectivity index (χ1v) is 11.6. The van der Waals surface area contributed by atoms with Crippen molar-refractivity contribution in [3.05, 3.63) is 99.1 Å². The first kappa shape index (κ1) is 27.6. The van der Waals surface area contributed by atoms with E-state index in [2.05, 4.69) is 0 Å². The molecule has 0 unspecified atom stereocenters. The van der Waals surface area contributed by atoms with Gasteiger partial charge < -0.3 is 4.90 Å². The van der Waals surface area contributed by atoms with Gasteiger partial charge in [0.05, 0.1) is 11.1 Å². The van der Waals surface area contributed by atoms with Gasteiger partial charge in [0.1, 0.15) is 0 Å². The van der Waals surface area contributed by atoms with Crippen LogP contribution in [0.1, 0.15) is 58.4 Å². The average molecular weight is 508 g/mol. The monoisotopic (exact) mass is 507 g/mol. The maximum absolute atomic E-state index is 13.0. The van der Waals surface area contributed by atoms with E-state index >= 15 is 0 Å². The highest BCUT2D eigenvalue weighted by atomic mass is 19.4. The molecule has 0 radical (unpaired) electrons. The van der Waals surface area contributed by atoms with Gasteiger partial charge in [-0.1, -0.05) is 37.8 Å². The normalized spacial score (nSPS) is 14.5. The Balaban J connectivity index is 0.000000210. The Labute approximate surface area is 208 Å². The van der Waals surface area contributed by atoms with Crippen molar-refractivity contribution >= 4 is 5.69 Å². The maximum Gasteiger partial charge on any atom is 0.416 e. The lowest BCUT2D eigenvalue weighted by Gasteiger charge is -2.21. The van der Waals surface area contributed by atoms with E-state index in [-0.39, 0.29) is 7.43 Å². The van der Waals surface area contributed by atoms with E-state index in [0.717, 1.165) is 71.3 Å². The molecule has 0 spiro atoms. The molecule has 36 heavy (non-hydrogen) atoms. The van der Waals surface area contributed by atoms with Crippen LogP contribution in [0.2, 0.25) is 0 Å². The van der Waals surface area contributed by atoms with Gasteiger partial charge in [0.15, 0.2) is 0 Å². The highest BCUT2D eigenvalue weighted by Crippen LogP contribution is 2.39. The fraction of sp³-hybridized carbons (Fsp3) is 0.379. The number of hydrogen-bond acceptors (Lipinski definition) is 1. The second-order valence-electron chi connectivity index (χ2n) is 9.23. The van der Waals surface area contributed by atoms with Crippen molar-refractivity contribution < 1.29 is 26.3 Å². The number of hydrogen-bond donors (Lipinski definition) is 0. The van der Waals surface area contributed by atoms with Gasteiger partial charge in [0.25, 0.3) is 0 Å². The number of nitrogens with zero attached hydrogens (tertiary/aromatic N) is 1. The standard InChI is InChI=1S/C17H16F3N.C11H11F3.CH4/c1-12-9-14(17(18,19)20)10-16-15(12)7-8-21(16)11-13-5-3-2-4-6-13;1-7-5-9(11(12,13)14)6-8-3-2-4-10(7)8;/h2-6,9-10H,7-8,11H2,1H3;5-6H,2-4H2,1H3;1H4. The Morgan fingerprint density at radius 1 is 0.722 bits per heavy atom. The number of rotatable bonds is 2. The molecule has 0 bridgehead atoms. The van der Waals surface area contributed by atoms with E-state index in [1.54, 1.807) is 13.8 Å². The molecule has 0 fully saturated rings. The third-order valence-electron chi connectivity index (χ3n) is 6.73. The summed E-state index contributed by atoms with van der Waals surface area (Å²) in [6.45, 7) is 4.94. The summed E-state index contributed by atoms with van der Waals surface area (Å²) in [5.74, 6) is 0. The molecule has 2 aliphatic rings. The van der Waals surface area contributed by atoms with Crippen molar-refractivity contribution in [2.45, 2.75) is 65.9 Å². The molecule has 5 rings (SSSR count). The average Bonchev–Trinajstić information content (AvgIpc) is 3.42. The summed E-state index contributed by atoms with van der Waals surface area (Å²) >= 11 is 0. The predicted octanol–water partition coefficient (Wildman–Crippen LogP) is 8.72. The summed E-state index contributed by atoms with van der Waals surface area (Å²) in [6, 6.07) is 14.9. The van der Waals surface area contributed by atoms with E-state index in [0.29, 0.717) is 6.54 Å². The molecular weight excluding hydrogens is 476 g/mol. The largest absolute Gasteiger partial charge is 0.416 e. The lowest BCUT2D eigenvalue weighted by Crippen LogP contribution is -2.20. The van der Waals surface area contributed by atoms with Gasteiger partial charge in [-0.3, -0.25) is 0 Å². The summed E-state index contributed by atoms with van der Waals surface area (Å²) in [7, 11) is 0. The number of fused-ring (bicyclic) bond motifs is 2. The van der Waals surface area contributed by atoms with Crippen LogP contribution in [0.25, 0.3) is 0 Å². The molecular formula is C29H31F6N. The van der Waals surface area contributed by atoms with Crippen LogP contribution in [0.5, 0.6) is 0 Å². The zero-order chi connectivity index (χ0) is 25.4. The van der Waals surface area contributed by atoms with E-state index in [1.165, 1.54) is 24.3 Å². The lowest BCUT2D eigenvalue weighted by molar-refractivity contribution is -0.138. The number of anilines is 1. The molecule has 1 nitrogen and oxygen atoms in total. The number of halogens is 6. The molecule has 0 amide bonds. The van der Waals surface area contributed by atoms with E-state index in [9.17, 15) is 26.3 Å². The SMILES string of the molecule is C.Cc1cc(C(F)(F)F)cc2c1CCC2.Cc1cc(C(F)(F)F)cc2c1CCN2Cc1ccccc1. The highest BCUT2D eigenvalue weighted by Gasteiger charge is 2.34. The van der Waals surface area contributed by atoms with Gasteiger partial charge >= 0.3 is 12.4 Å². The first-order valence-electron chi connectivity index (χ1n) is 11.6. The third-order valence-corrected chi connectivity index (χ3v) is 6.73. The molecule has 0 N–H and O–H groups in total. The fourth-order valence-corrected chi connectivity index (χ4v) is 4.99. The molecule has 3 aromatic carbocycles. The summed E-state index contributed by atoms with van der Waals surface area (Å²) in [5.41, 5.74) is 5.35. The molecule has 7 heteroatoms. The molecule has 1 heterocycles. The van der Waals surface area contributed by atoms with Crippen molar-refractivity contribution in [3.63, 3.8) is 0 Å². The van der Waals surface area contributed by atoms with Crippen LogP contribution in [-0.4, -0.2) is 6.54 Å². The molecule has 0 atom stereocenters. The van der Waals surface area contributed by atoms with Crippen molar-refractivity contribution in [2.75, 3.05) is 11.4 Å². The minimum absolute atomic E-state index is 0. The summed E-state index contributed by atoms with van der Waals surface area (Å²) in [5, 5.41) is 0. The van der Waals surface area contributed by atoms with E-state index in [4.69, 9.17) is 0 Å². The lowest BCUT2D eigenvalue weighted by atomic mass is 10.0. The molecule has 0 aromatic heterocycles. The van der Waals surface area contributed by atoms with Crippen LogP contribution in [0, 0.1) is 13.8 Å². The topological polar surface area (TPSA) is 3.24 Å². The van der Waals surface area contributed by atoms with Crippen LogP contribution < -0.4 is 4.90 Å². The Kier molecular flexibility index (Phi) is 8.11. The third kappa shape index (κ3) is 6.05. The predicted molar refractivity (Wildman–Crippen MR) is 132 cm³/mol. The summed E-state index contributed by atoms with van der Waals surface area (Å²) in [4.78, 5) is 2.03. The van der Waals surface area contributed by atoms with Crippen molar-refractivity contribution in [1.82, 2.24) is 0 Å². The van der Waals surface area contributed by atoms with Gasteiger partial charge in [-0.15, -0.1) is 0 Å². The smallest absolute Gasteiger partial charge is 0.367 e. The second-order valence-corrected chi connectivity index (χ2v) is 9.23. The Morgan fingerprint density at radius 2 is 1.31 bits per heavy atom. The molecule has 0 saturated heterocycles. The zero-order valence-corrected chi connectivity index (χ0v) is 19.7. The van der Waals surface area contributed by atoms with E-state index < -0.39 is 23.5 Å². The minimum Gasteiger partial charge on any atom is -0.367 e. The van der Waals surface area contributed by atoms with Gasteiger partial charge in [-0.25, -0.2) is 0 Å². The van der Waals surface area contributed by atoms with Gasteiger partial charge in [0.2, 0.25) is 0 Å². The quantitative estimate of drug-likeness (QED) is 0.314. The number of aryl methyl sites for hydroxylation is 3. The van der Waals surface area contributed by atoms with Crippen molar-refractivity contribution in [3.8, 4) is 0 Å².